The summed E-state index contributed by atoms with van der Waals surface area (Å²) in [7, 11) is 1.71. The first kappa shape index (κ1) is 16.4. The van der Waals surface area contributed by atoms with Gasteiger partial charge in [-0.2, -0.15) is 0 Å². The Morgan fingerprint density at radius 2 is 2.33 bits per heavy atom. The number of fused-ring (bicyclic) bond motifs is 1. The van der Waals surface area contributed by atoms with Gasteiger partial charge in [0.2, 0.25) is 5.91 Å². The van der Waals surface area contributed by atoms with Gasteiger partial charge in [-0.3, -0.25) is 14.4 Å². The first-order valence-electron chi connectivity index (χ1n) is 7.48. The van der Waals surface area contributed by atoms with Crippen molar-refractivity contribution in [1.29, 1.82) is 0 Å². The van der Waals surface area contributed by atoms with Crippen LogP contribution < -0.4 is 5.32 Å². The molecule has 0 radical (unpaired) electrons. The Balaban J connectivity index is 1.84. The van der Waals surface area contributed by atoms with E-state index in [2.05, 4.69) is 16.9 Å². The smallest absolute Gasteiger partial charge is 0.314 e. The highest BCUT2D eigenvalue weighted by Crippen LogP contribution is 2.44. The number of amides is 2. The van der Waals surface area contributed by atoms with Crippen LogP contribution in [0.4, 0.5) is 5.13 Å². The molecule has 0 bridgehead atoms. The van der Waals surface area contributed by atoms with E-state index < -0.39 is 17.3 Å². The molecule has 0 aliphatic carbocycles. The summed E-state index contributed by atoms with van der Waals surface area (Å²) in [6.45, 7) is 4.12. The number of aliphatic carboxylic acids is 1. The summed E-state index contributed by atoms with van der Waals surface area (Å²) >= 11 is 1.30. The zero-order valence-corrected chi connectivity index (χ0v) is 14.0. The average Bonchev–Trinajstić information content (AvgIpc) is 3.23. The van der Waals surface area contributed by atoms with E-state index in [0.717, 1.165) is 0 Å². The predicted molar refractivity (Wildman–Crippen MR) is 87.9 cm³/mol. The topological polar surface area (TPSA) is 103 Å². The lowest BCUT2D eigenvalue weighted by Crippen LogP contribution is -2.42. The monoisotopic (exact) mass is 350 g/mol. The van der Waals surface area contributed by atoms with E-state index in [1.165, 1.54) is 21.1 Å². The molecule has 128 valence electrons. The molecule has 2 amide bonds. The maximum Gasteiger partial charge on any atom is 0.314 e. The maximum atomic E-state index is 12.6. The fraction of sp³-hybridized carbons (Fsp3) is 0.467. The first-order valence-corrected chi connectivity index (χ1v) is 8.36. The summed E-state index contributed by atoms with van der Waals surface area (Å²) in [5, 5.41) is 14.8. The van der Waals surface area contributed by atoms with Gasteiger partial charge in [0.15, 0.2) is 5.13 Å². The number of hydrogen-bond donors (Lipinski definition) is 2. The normalized spacial score (nSPS) is 25.7. The van der Waals surface area contributed by atoms with Crippen LogP contribution in [-0.4, -0.2) is 70.9 Å². The van der Waals surface area contributed by atoms with Crippen LogP contribution in [0.1, 0.15) is 10.5 Å². The molecule has 2 saturated heterocycles. The fourth-order valence-electron chi connectivity index (χ4n) is 3.42. The Labute approximate surface area is 142 Å². The van der Waals surface area contributed by atoms with Gasteiger partial charge in [-0.15, -0.1) is 17.9 Å². The quantitative estimate of drug-likeness (QED) is 0.743. The van der Waals surface area contributed by atoms with Crippen molar-refractivity contribution in [3.63, 3.8) is 0 Å². The van der Waals surface area contributed by atoms with Crippen molar-refractivity contribution in [1.82, 2.24) is 14.8 Å². The number of thiazole rings is 1. The van der Waals surface area contributed by atoms with Crippen LogP contribution in [0.25, 0.3) is 0 Å². The summed E-state index contributed by atoms with van der Waals surface area (Å²) in [5.74, 6) is -2.34. The number of hydrogen-bond acceptors (Lipinski definition) is 6. The molecule has 8 nitrogen and oxygen atoms in total. The van der Waals surface area contributed by atoms with Crippen LogP contribution in [0, 0.1) is 11.3 Å². The summed E-state index contributed by atoms with van der Waals surface area (Å²) in [6.07, 6.45) is 1.58. The van der Waals surface area contributed by atoms with Crippen LogP contribution in [0.3, 0.4) is 0 Å². The lowest BCUT2D eigenvalue weighted by molar-refractivity contribution is -0.149. The summed E-state index contributed by atoms with van der Waals surface area (Å²) in [4.78, 5) is 44.1. The number of anilines is 1. The van der Waals surface area contributed by atoms with Gasteiger partial charge >= 0.3 is 5.97 Å². The van der Waals surface area contributed by atoms with E-state index >= 15 is 0 Å². The number of carboxylic acids is 1. The minimum atomic E-state index is -1.25. The highest BCUT2D eigenvalue weighted by molar-refractivity contribution is 7.13. The fourth-order valence-corrected chi connectivity index (χ4v) is 4.07. The molecule has 2 N–H and O–H groups in total. The Morgan fingerprint density at radius 1 is 1.58 bits per heavy atom. The predicted octanol–water partition coefficient (Wildman–Crippen LogP) is 0.356. The van der Waals surface area contributed by atoms with Crippen LogP contribution in [0.2, 0.25) is 0 Å². The number of carbonyl (C=O) groups is 3. The number of carboxylic acid groups (broad SMARTS) is 1. The highest BCUT2D eigenvalue weighted by Gasteiger charge is 2.62. The van der Waals surface area contributed by atoms with Gasteiger partial charge in [0, 0.05) is 38.6 Å². The van der Waals surface area contributed by atoms with Gasteiger partial charge in [0.25, 0.3) is 5.91 Å². The number of rotatable bonds is 5. The largest absolute Gasteiger partial charge is 0.481 e. The molecule has 2 atom stereocenters. The minimum Gasteiger partial charge on any atom is -0.481 e. The standard InChI is InChI=1S/C15H18N4O4S/c1-3-4-18-7-15(13(22)23)8-19(5-9(15)11(18)20)12(21)10-6-24-14(16-2)17-10/h3,6,9H,1,4-5,7-8H2,2H3,(H,16,17)(H,22,23)/t9-,15+/m1/s1. The molecule has 2 aliphatic rings. The number of likely N-dealkylation sites (tertiary alicyclic amines) is 2. The number of nitrogens with one attached hydrogen (secondary N) is 1. The molecular formula is C15H18N4O4S. The third-order valence-corrected chi connectivity index (χ3v) is 5.49. The lowest BCUT2D eigenvalue weighted by atomic mass is 9.81. The molecule has 0 aromatic carbocycles. The molecule has 2 fully saturated rings. The van der Waals surface area contributed by atoms with Gasteiger partial charge in [-0.1, -0.05) is 6.08 Å². The second kappa shape index (κ2) is 5.90. The van der Waals surface area contributed by atoms with Crippen LogP contribution >= 0.6 is 11.3 Å². The Hall–Kier alpha value is -2.42. The molecule has 3 rings (SSSR count). The second-order valence-electron chi connectivity index (χ2n) is 5.99. The first-order chi connectivity index (χ1) is 11.4. The Bertz CT molecular complexity index is 718. The van der Waals surface area contributed by atoms with Crippen molar-refractivity contribution >= 4 is 34.3 Å². The van der Waals surface area contributed by atoms with Crippen molar-refractivity contribution in [2.45, 2.75) is 0 Å². The Kier molecular flexibility index (Phi) is 4.04. The van der Waals surface area contributed by atoms with E-state index in [1.54, 1.807) is 18.5 Å². The van der Waals surface area contributed by atoms with Crippen molar-refractivity contribution in [3.05, 3.63) is 23.7 Å². The minimum absolute atomic E-state index is 0.0115. The molecule has 0 saturated carbocycles. The summed E-state index contributed by atoms with van der Waals surface area (Å²) < 4.78 is 0. The molecule has 3 heterocycles. The van der Waals surface area contributed by atoms with Crippen LogP contribution in [-0.2, 0) is 9.59 Å². The van der Waals surface area contributed by atoms with E-state index in [-0.39, 0.29) is 37.1 Å². The van der Waals surface area contributed by atoms with Crippen LogP contribution in [0.5, 0.6) is 0 Å². The van der Waals surface area contributed by atoms with Crippen molar-refractivity contribution in [2.24, 2.45) is 11.3 Å². The van der Waals surface area contributed by atoms with Crippen molar-refractivity contribution in [2.75, 3.05) is 38.5 Å². The van der Waals surface area contributed by atoms with Crippen molar-refractivity contribution < 1.29 is 19.5 Å². The summed E-state index contributed by atoms with van der Waals surface area (Å²) in [6, 6.07) is 0. The molecular weight excluding hydrogens is 332 g/mol. The maximum absolute atomic E-state index is 12.6. The molecule has 9 heteroatoms. The zero-order chi connectivity index (χ0) is 17.5. The third-order valence-electron chi connectivity index (χ3n) is 4.63. The van der Waals surface area contributed by atoms with Crippen molar-refractivity contribution in [3.8, 4) is 0 Å². The van der Waals surface area contributed by atoms with E-state index in [1.807, 2.05) is 0 Å². The molecule has 0 unspecified atom stereocenters. The Morgan fingerprint density at radius 3 is 2.88 bits per heavy atom. The van der Waals surface area contributed by atoms with Gasteiger partial charge < -0.3 is 20.2 Å². The number of carbonyl (C=O) groups excluding carboxylic acids is 2. The molecule has 2 aliphatic heterocycles. The molecule has 24 heavy (non-hydrogen) atoms. The number of nitrogens with zero attached hydrogens (tertiary/aromatic N) is 3. The van der Waals surface area contributed by atoms with E-state index in [4.69, 9.17) is 0 Å². The van der Waals surface area contributed by atoms with E-state index in [9.17, 15) is 19.5 Å². The molecule has 1 aromatic heterocycles. The number of aromatic nitrogens is 1. The average molecular weight is 350 g/mol. The van der Waals surface area contributed by atoms with Gasteiger partial charge in [0.05, 0.1) is 5.92 Å². The molecule has 1 aromatic rings. The SMILES string of the molecule is C=CCN1C[C@]2(C(=O)O)CN(C(=O)c3csc(NC)n3)C[C@@H]2C1=O. The highest BCUT2D eigenvalue weighted by atomic mass is 32.1. The van der Waals surface area contributed by atoms with Gasteiger partial charge in [0.1, 0.15) is 11.1 Å². The van der Waals surface area contributed by atoms with E-state index in [0.29, 0.717) is 11.7 Å². The lowest BCUT2D eigenvalue weighted by Gasteiger charge is -2.24. The zero-order valence-electron chi connectivity index (χ0n) is 13.2. The third kappa shape index (κ3) is 2.35. The molecule has 0 spiro atoms. The summed E-state index contributed by atoms with van der Waals surface area (Å²) in [5.41, 5.74) is -0.988. The van der Waals surface area contributed by atoms with Gasteiger partial charge in [-0.05, 0) is 0 Å². The van der Waals surface area contributed by atoms with Gasteiger partial charge in [-0.25, -0.2) is 4.98 Å². The second-order valence-corrected chi connectivity index (χ2v) is 6.85. The van der Waals surface area contributed by atoms with Crippen LogP contribution in [0.15, 0.2) is 18.0 Å².